The Bertz CT molecular complexity index is 1450. The number of benzene rings is 1. The third kappa shape index (κ3) is 6.31. The molecule has 6 rings (SSSR count). The number of carbonyl (C=O) groups is 1. The molecule has 0 spiro atoms. The van der Waals surface area contributed by atoms with Crippen LogP contribution in [0.4, 0.5) is 5.69 Å². The van der Waals surface area contributed by atoms with Gasteiger partial charge in [-0.25, -0.2) is 0 Å². The molecular formula is C37H49N3O6. The predicted octanol–water partition coefficient (Wildman–Crippen LogP) is 5.59. The summed E-state index contributed by atoms with van der Waals surface area (Å²) in [5, 5.41) is 11.5. The smallest absolute Gasteiger partial charge is 0.233 e. The molecule has 2 aliphatic carbocycles. The Morgan fingerprint density at radius 1 is 0.935 bits per heavy atom. The average molecular weight is 632 g/mol. The first-order valence-electron chi connectivity index (χ1n) is 16.8. The maximum Gasteiger partial charge on any atom is 0.233 e. The Morgan fingerprint density at radius 3 is 2.46 bits per heavy atom. The number of aliphatic imine (C=N–C) groups is 1. The highest BCUT2D eigenvalue weighted by Gasteiger charge is 2.43. The van der Waals surface area contributed by atoms with Crippen molar-refractivity contribution in [3.05, 3.63) is 65.7 Å². The standard InChI is InChI=1S/C37H49N3O6/c1-22(2)40-31-19-35(32(43-5)16-26(31)15-25-12-23(3)14-28(25)37(40)42)46-11-9-7-8-10-45-34-18-30-29(17-33(34)44-6)36(41)39-21-24(4)13-27(39)20-38-30/h16-20,22,25,27-30,37,42H,3-4,7-15,21H2,1-2,5-6H3/t25?,27-,28+,29?,30?,37-/m0/s1. The van der Waals surface area contributed by atoms with Crippen molar-refractivity contribution in [3.63, 3.8) is 0 Å². The topological polar surface area (TPSA) is 93.1 Å². The second kappa shape index (κ2) is 13.6. The van der Waals surface area contributed by atoms with Gasteiger partial charge in [-0.2, -0.15) is 0 Å². The van der Waals surface area contributed by atoms with E-state index in [0.717, 1.165) is 62.0 Å². The highest BCUT2D eigenvalue weighted by atomic mass is 16.5. The highest BCUT2D eigenvalue weighted by Crippen LogP contribution is 2.48. The van der Waals surface area contributed by atoms with Crippen molar-refractivity contribution in [1.82, 2.24) is 4.90 Å². The van der Waals surface area contributed by atoms with Crippen LogP contribution >= 0.6 is 0 Å². The summed E-state index contributed by atoms with van der Waals surface area (Å²) >= 11 is 0. The van der Waals surface area contributed by atoms with Crippen molar-refractivity contribution in [3.8, 4) is 11.5 Å². The van der Waals surface area contributed by atoms with Crippen LogP contribution in [0.1, 0.15) is 57.9 Å². The molecule has 248 valence electrons. The van der Waals surface area contributed by atoms with E-state index in [9.17, 15) is 9.90 Å². The van der Waals surface area contributed by atoms with Gasteiger partial charge in [0.1, 0.15) is 6.23 Å². The van der Waals surface area contributed by atoms with Crippen molar-refractivity contribution in [2.75, 3.05) is 38.9 Å². The summed E-state index contributed by atoms with van der Waals surface area (Å²) in [4.78, 5) is 22.0. The fourth-order valence-electron chi connectivity index (χ4n) is 7.82. The first-order chi connectivity index (χ1) is 22.2. The number of hydrogen-bond donors (Lipinski definition) is 1. The maximum absolute atomic E-state index is 13.3. The van der Waals surface area contributed by atoms with Crippen LogP contribution in [-0.2, 0) is 20.7 Å². The lowest BCUT2D eigenvalue weighted by Crippen LogP contribution is -2.45. The normalized spacial score (nSPS) is 28.5. The molecule has 0 radical (unpaired) electrons. The Balaban J connectivity index is 1.03. The maximum atomic E-state index is 13.3. The summed E-state index contributed by atoms with van der Waals surface area (Å²) in [6, 6.07) is 3.97. The van der Waals surface area contributed by atoms with E-state index in [-0.39, 0.29) is 30.0 Å². The number of hydrogen-bond acceptors (Lipinski definition) is 8. The Labute approximate surface area is 273 Å². The van der Waals surface area contributed by atoms with Crippen LogP contribution in [0.3, 0.4) is 0 Å². The van der Waals surface area contributed by atoms with Crippen LogP contribution in [-0.4, -0.2) is 80.5 Å². The Kier molecular flexibility index (Phi) is 9.50. The van der Waals surface area contributed by atoms with Gasteiger partial charge in [-0.1, -0.05) is 24.3 Å². The zero-order valence-corrected chi connectivity index (χ0v) is 27.7. The highest BCUT2D eigenvalue weighted by molar-refractivity contribution is 5.88. The number of unbranched alkanes of at least 4 members (excludes halogenated alkanes) is 2. The molecule has 3 aliphatic heterocycles. The number of aliphatic hydroxyl groups excluding tert-OH is 1. The van der Waals surface area contributed by atoms with E-state index >= 15 is 0 Å². The molecule has 9 heteroatoms. The fraction of sp³-hybridized carbons (Fsp3) is 0.568. The molecule has 1 amide bonds. The SMILES string of the molecule is C=C1CC2Cc3cc(OC)c(OCCCCCOC4=CC5N=C[C@@H]6CC(=C)CN6C(=O)C5C=C4OC)cc3N(C(C)C)[C@@H](O)[C@@H]2C1. The second-order valence-electron chi connectivity index (χ2n) is 13.7. The van der Waals surface area contributed by atoms with E-state index in [1.165, 1.54) is 11.1 Å². The van der Waals surface area contributed by atoms with E-state index in [4.69, 9.17) is 23.9 Å². The molecule has 1 saturated heterocycles. The number of methoxy groups -OCH3 is 2. The van der Waals surface area contributed by atoms with Gasteiger partial charge in [0.05, 0.1) is 45.4 Å². The number of amides is 1. The lowest BCUT2D eigenvalue weighted by Gasteiger charge is -2.37. The Morgan fingerprint density at radius 2 is 1.72 bits per heavy atom. The third-order valence-corrected chi connectivity index (χ3v) is 10.1. The number of carbonyl (C=O) groups excluding carboxylic acids is 1. The first kappa shape index (κ1) is 32.2. The molecule has 9 nitrogen and oxygen atoms in total. The fourth-order valence-corrected chi connectivity index (χ4v) is 7.82. The van der Waals surface area contributed by atoms with Crippen molar-refractivity contribution in [2.24, 2.45) is 22.7 Å². The van der Waals surface area contributed by atoms with Gasteiger partial charge >= 0.3 is 0 Å². The predicted molar refractivity (Wildman–Crippen MR) is 179 cm³/mol. The zero-order valence-electron chi connectivity index (χ0n) is 27.7. The van der Waals surface area contributed by atoms with Crippen molar-refractivity contribution in [1.29, 1.82) is 0 Å². The second-order valence-corrected chi connectivity index (χ2v) is 13.7. The molecule has 1 aromatic carbocycles. The molecule has 0 bridgehead atoms. The van der Waals surface area contributed by atoms with E-state index in [1.807, 2.05) is 23.3 Å². The van der Waals surface area contributed by atoms with E-state index in [2.05, 4.69) is 44.0 Å². The minimum Gasteiger partial charge on any atom is -0.493 e. The van der Waals surface area contributed by atoms with Gasteiger partial charge in [-0.15, -0.1) is 0 Å². The van der Waals surface area contributed by atoms with E-state index < -0.39 is 12.1 Å². The van der Waals surface area contributed by atoms with Crippen LogP contribution in [0.2, 0.25) is 0 Å². The Hall–Kier alpha value is -3.72. The summed E-state index contributed by atoms with van der Waals surface area (Å²) in [7, 11) is 3.28. The molecule has 6 atom stereocenters. The average Bonchev–Trinajstić information content (AvgIpc) is 3.54. The minimum atomic E-state index is -0.557. The summed E-state index contributed by atoms with van der Waals surface area (Å²) < 4.78 is 23.8. The summed E-state index contributed by atoms with van der Waals surface area (Å²) in [5.74, 6) is 2.86. The van der Waals surface area contributed by atoms with Crippen LogP contribution in [0, 0.1) is 17.8 Å². The van der Waals surface area contributed by atoms with Gasteiger partial charge in [-0.05, 0) is 88.5 Å². The third-order valence-electron chi connectivity index (χ3n) is 10.1. The number of fused-ring (bicyclic) bond motifs is 4. The molecule has 0 aromatic heterocycles. The molecule has 1 aromatic rings. The minimum absolute atomic E-state index is 0.0166. The molecule has 5 aliphatic rings. The number of ether oxygens (including phenoxy) is 4. The molecule has 2 fully saturated rings. The van der Waals surface area contributed by atoms with Crippen LogP contribution in [0.15, 0.2) is 65.1 Å². The quantitative estimate of drug-likeness (QED) is 0.252. The van der Waals surface area contributed by atoms with Crippen LogP contribution in [0.25, 0.3) is 0 Å². The van der Waals surface area contributed by atoms with Crippen molar-refractivity contribution < 1.29 is 28.8 Å². The van der Waals surface area contributed by atoms with Gasteiger partial charge in [-0.3, -0.25) is 9.79 Å². The van der Waals surface area contributed by atoms with Gasteiger partial charge in [0.25, 0.3) is 0 Å². The van der Waals surface area contributed by atoms with Gasteiger partial charge in [0.15, 0.2) is 23.0 Å². The molecular weight excluding hydrogens is 582 g/mol. The molecule has 1 N–H and O–H groups in total. The first-order valence-corrected chi connectivity index (χ1v) is 16.8. The van der Waals surface area contributed by atoms with Crippen LogP contribution in [0.5, 0.6) is 11.5 Å². The lowest BCUT2D eigenvalue weighted by atomic mass is 9.89. The van der Waals surface area contributed by atoms with Gasteiger partial charge < -0.3 is 33.9 Å². The number of nitrogens with zero attached hydrogens (tertiary/aromatic N) is 3. The number of rotatable bonds is 11. The summed E-state index contributed by atoms with van der Waals surface area (Å²) in [5.41, 5.74) is 4.51. The monoisotopic (exact) mass is 631 g/mol. The van der Waals surface area contributed by atoms with Crippen LogP contribution < -0.4 is 14.4 Å². The zero-order chi connectivity index (χ0) is 32.5. The van der Waals surface area contributed by atoms with Gasteiger partial charge in [0.2, 0.25) is 5.91 Å². The number of aliphatic hydroxyl groups is 1. The largest absolute Gasteiger partial charge is 0.493 e. The van der Waals surface area contributed by atoms with Crippen molar-refractivity contribution >= 4 is 17.8 Å². The molecule has 1 saturated carbocycles. The lowest BCUT2D eigenvalue weighted by molar-refractivity contribution is -0.133. The number of allylic oxidation sites excluding steroid dienone is 1. The van der Waals surface area contributed by atoms with Gasteiger partial charge in [0, 0.05) is 36.5 Å². The number of anilines is 1. The van der Waals surface area contributed by atoms with Crippen molar-refractivity contribution in [2.45, 2.75) is 83.1 Å². The van der Waals surface area contributed by atoms with E-state index in [0.29, 0.717) is 42.9 Å². The molecule has 3 heterocycles. The van der Waals surface area contributed by atoms with E-state index in [1.54, 1.807) is 14.2 Å². The molecule has 46 heavy (non-hydrogen) atoms. The summed E-state index contributed by atoms with van der Waals surface area (Å²) in [6.45, 7) is 14.2. The summed E-state index contributed by atoms with van der Waals surface area (Å²) in [6.07, 6.45) is 11.2. The molecule has 3 unspecified atom stereocenters.